The van der Waals surface area contributed by atoms with Gasteiger partial charge in [0, 0.05) is 74.4 Å². The van der Waals surface area contributed by atoms with E-state index < -0.39 is 0 Å². The lowest BCUT2D eigenvalue weighted by molar-refractivity contribution is 0.0350. The van der Waals surface area contributed by atoms with E-state index in [-0.39, 0.29) is 0 Å². The predicted octanol–water partition coefficient (Wildman–Crippen LogP) is 10.7. The van der Waals surface area contributed by atoms with Crippen LogP contribution < -0.4 is 30.0 Å². The Morgan fingerprint density at radius 3 is 2.22 bits per heavy atom. The number of piperazine rings is 1. The van der Waals surface area contributed by atoms with E-state index in [9.17, 15) is 5.26 Å². The van der Waals surface area contributed by atoms with E-state index in [0.717, 1.165) is 99.6 Å². The first-order valence-corrected chi connectivity index (χ1v) is 24.5. The average molecular weight is 928 g/mol. The van der Waals surface area contributed by atoms with Crippen LogP contribution in [0.15, 0.2) is 90.6 Å². The first kappa shape index (κ1) is 49.0. The quantitative estimate of drug-likeness (QED) is 0.0373. The van der Waals surface area contributed by atoms with Crippen LogP contribution in [0.5, 0.6) is 28.7 Å². The summed E-state index contributed by atoms with van der Waals surface area (Å²) in [5, 5.41) is 14.1. The molecule has 354 valence electrons. The molecule has 0 spiro atoms. The third-order valence-corrected chi connectivity index (χ3v) is 12.8. The van der Waals surface area contributed by atoms with Crippen LogP contribution >= 0.6 is 11.3 Å². The SMILES string of the molecule is CCCc1ccc(-c2scnc2C)cc1OCCOCCOCCCCCCN1CCN(CCCOc2cc3ncc(C#N)c(Nc4ccc(Oc5cccc(N)c5)cc4)c3cc2OC)CC1. The van der Waals surface area contributed by atoms with Gasteiger partial charge in [-0.25, -0.2) is 4.98 Å². The van der Waals surface area contributed by atoms with Crippen molar-refractivity contribution < 1.29 is 28.4 Å². The van der Waals surface area contributed by atoms with Crippen molar-refractivity contribution in [1.29, 1.82) is 5.26 Å². The number of nitrogen functional groups attached to an aromatic ring is 1. The molecule has 1 aliphatic rings. The highest BCUT2D eigenvalue weighted by Crippen LogP contribution is 2.38. The number of unbranched alkanes of at least 4 members (excludes halogenated alkanes) is 3. The summed E-state index contributed by atoms with van der Waals surface area (Å²) in [6, 6.07) is 27.4. The third kappa shape index (κ3) is 14.5. The van der Waals surface area contributed by atoms with Crippen LogP contribution in [0.3, 0.4) is 0 Å². The van der Waals surface area contributed by atoms with Crippen LogP contribution in [0.4, 0.5) is 17.1 Å². The first-order chi connectivity index (χ1) is 32.9. The lowest BCUT2D eigenvalue weighted by Crippen LogP contribution is -2.46. The number of fused-ring (bicyclic) bond motifs is 1. The number of aryl methyl sites for hydroxylation is 2. The van der Waals surface area contributed by atoms with Crippen molar-refractivity contribution in [2.75, 3.05) is 97.1 Å². The number of nitrogens with two attached hydrogens (primary N) is 1. The summed E-state index contributed by atoms with van der Waals surface area (Å²) in [7, 11) is 1.63. The maximum atomic E-state index is 9.96. The molecule has 0 aliphatic carbocycles. The van der Waals surface area contributed by atoms with E-state index in [1.807, 2.05) is 67.0 Å². The Hall–Kier alpha value is -5.95. The van der Waals surface area contributed by atoms with Gasteiger partial charge in [-0.05, 0) is 98.8 Å². The van der Waals surface area contributed by atoms with Gasteiger partial charge in [-0.2, -0.15) is 5.26 Å². The topological polar surface area (TPSA) is 149 Å². The highest BCUT2D eigenvalue weighted by atomic mass is 32.1. The zero-order chi connectivity index (χ0) is 46.6. The number of anilines is 3. The molecule has 7 rings (SSSR count). The molecule has 67 heavy (non-hydrogen) atoms. The van der Waals surface area contributed by atoms with Gasteiger partial charge in [0.05, 0.1) is 66.4 Å². The number of aromatic nitrogens is 2. The van der Waals surface area contributed by atoms with Crippen molar-refractivity contribution in [3.63, 3.8) is 0 Å². The van der Waals surface area contributed by atoms with Gasteiger partial charge in [0.1, 0.15) is 29.9 Å². The number of nitrogens with zero attached hydrogens (tertiary/aromatic N) is 5. The van der Waals surface area contributed by atoms with Crippen LogP contribution in [-0.4, -0.2) is 106 Å². The molecule has 3 heterocycles. The van der Waals surface area contributed by atoms with Crippen molar-refractivity contribution in [1.82, 2.24) is 19.8 Å². The number of hydrogen-bond donors (Lipinski definition) is 2. The summed E-state index contributed by atoms with van der Waals surface area (Å²) >= 11 is 1.66. The van der Waals surface area contributed by atoms with E-state index in [2.05, 4.69) is 56.3 Å². The highest BCUT2D eigenvalue weighted by Gasteiger charge is 2.18. The van der Waals surface area contributed by atoms with Gasteiger partial charge in [-0.15, -0.1) is 11.3 Å². The van der Waals surface area contributed by atoms with Crippen LogP contribution in [0.1, 0.15) is 62.3 Å². The zero-order valence-electron chi connectivity index (χ0n) is 39.3. The van der Waals surface area contributed by atoms with E-state index in [1.54, 1.807) is 30.7 Å². The van der Waals surface area contributed by atoms with Crippen molar-refractivity contribution in [2.45, 2.75) is 58.8 Å². The molecule has 1 saturated heterocycles. The Balaban J connectivity index is 0.730. The number of thiazole rings is 1. The van der Waals surface area contributed by atoms with Crippen molar-refractivity contribution in [3.05, 3.63) is 107 Å². The number of hydrogen-bond acceptors (Lipinski definition) is 14. The van der Waals surface area contributed by atoms with Crippen LogP contribution in [0.2, 0.25) is 0 Å². The fraction of sp³-hybridized carbons (Fsp3) is 0.415. The lowest BCUT2D eigenvalue weighted by Gasteiger charge is -2.34. The Kier molecular flexibility index (Phi) is 18.9. The van der Waals surface area contributed by atoms with Crippen LogP contribution in [0.25, 0.3) is 21.3 Å². The Labute approximate surface area is 399 Å². The normalized spacial score (nSPS) is 13.1. The van der Waals surface area contributed by atoms with Gasteiger partial charge in [-0.1, -0.05) is 44.4 Å². The number of benzene rings is 4. The van der Waals surface area contributed by atoms with E-state index in [1.165, 1.54) is 29.7 Å². The number of methoxy groups -OCH3 is 1. The minimum Gasteiger partial charge on any atom is -0.493 e. The van der Waals surface area contributed by atoms with Crippen molar-refractivity contribution in [2.24, 2.45) is 0 Å². The van der Waals surface area contributed by atoms with E-state index in [0.29, 0.717) is 78.5 Å². The van der Waals surface area contributed by atoms with E-state index in [4.69, 9.17) is 34.2 Å². The number of pyridine rings is 1. The predicted molar refractivity (Wildman–Crippen MR) is 269 cm³/mol. The molecule has 1 aliphatic heterocycles. The van der Waals surface area contributed by atoms with Crippen molar-refractivity contribution in [3.8, 4) is 45.3 Å². The molecule has 0 unspecified atom stereocenters. The summed E-state index contributed by atoms with van der Waals surface area (Å²) < 4.78 is 35.8. The molecule has 6 aromatic rings. The van der Waals surface area contributed by atoms with E-state index >= 15 is 0 Å². The van der Waals surface area contributed by atoms with Gasteiger partial charge in [0.15, 0.2) is 11.5 Å². The van der Waals surface area contributed by atoms with Gasteiger partial charge in [0.2, 0.25) is 0 Å². The summed E-state index contributed by atoms with van der Waals surface area (Å²) in [6.07, 6.45) is 9.25. The molecule has 0 atom stereocenters. The number of nitrogens with one attached hydrogen (secondary N) is 1. The first-order valence-electron chi connectivity index (χ1n) is 23.6. The van der Waals surface area contributed by atoms with Gasteiger partial charge in [-0.3, -0.25) is 4.98 Å². The van der Waals surface area contributed by atoms with Crippen LogP contribution in [-0.2, 0) is 15.9 Å². The molecular formula is C53H65N7O6S. The van der Waals surface area contributed by atoms with Gasteiger partial charge < -0.3 is 49.3 Å². The molecular weight excluding hydrogens is 863 g/mol. The summed E-state index contributed by atoms with van der Waals surface area (Å²) in [4.78, 5) is 15.3. The largest absolute Gasteiger partial charge is 0.493 e. The second kappa shape index (κ2) is 25.8. The Bertz CT molecular complexity index is 2500. The van der Waals surface area contributed by atoms with Gasteiger partial charge >= 0.3 is 0 Å². The molecule has 4 aromatic carbocycles. The molecule has 0 bridgehead atoms. The maximum absolute atomic E-state index is 9.96. The molecule has 2 aromatic heterocycles. The highest BCUT2D eigenvalue weighted by molar-refractivity contribution is 7.13. The minimum atomic E-state index is 0.419. The molecule has 0 saturated carbocycles. The summed E-state index contributed by atoms with van der Waals surface area (Å²) in [6.45, 7) is 14.3. The molecule has 3 N–H and O–H groups in total. The number of ether oxygens (including phenoxy) is 6. The zero-order valence-corrected chi connectivity index (χ0v) is 40.1. The standard InChI is InChI=1S/C53H65N7O6S/c1-4-11-40-14-15-41(53-39(2)57-38-67-53)32-49(40)65-31-30-63-29-28-62-26-8-6-5-7-20-59-22-24-60(25-23-59)21-10-27-64-51-35-48-47(34-50(51)61-3)52(42(36-54)37-56-48)58-44-16-18-45(19-17-44)66-46-13-9-12-43(55)33-46/h9,12-19,32-35,37-38H,4-8,10-11,20-31,55H2,1-3H3,(H,56,58). The number of rotatable bonds is 27. The summed E-state index contributed by atoms with van der Waals surface area (Å²) in [5.41, 5.74) is 14.4. The summed E-state index contributed by atoms with van der Waals surface area (Å²) in [5.74, 6) is 3.49. The van der Waals surface area contributed by atoms with Crippen molar-refractivity contribution >= 4 is 39.3 Å². The lowest BCUT2D eigenvalue weighted by atomic mass is 10.0. The fourth-order valence-electron chi connectivity index (χ4n) is 8.17. The fourth-order valence-corrected chi connectivity index (χ4v) is 8.98. The Morgan fingerprint density at radius 2 is 1.49 bits per heavy atom. The molecule has 13 nitrogen and oxygen atoms in total. The second-order valence-corrected chi connectivity index (χ2v) is 17.6. The smallest absolute Gasteiger partial charge is 0.163 e. The number of nitriles is 1. The third-order valence-electron chi connectivity index (χ3n) is 11.8. The molecule has 1 fully saturated rings. The molecule has 0 amide bonds. The second-order valence-electron chi connectivity index (χ2n) is 16.7. The monoisotopic (exact) mass is 927 g/mol. The van der Waals surface area contributed by atoms with Gasteiger partial charge in [0.25, 0.3) is 0 Å². The van der Waals surface area contributed by atoms with Crippen LogP contribution in [0, 0.1) is 18.3 Å². The Morgan fingerprint density at radius 1 is 0.746 bits per heavy atom. The minimum absolute atomic E-state index is 0.419. The molecule has 0 radical (unpaired) electrons. The maximum Gasteiger partial charge on any atom is 0.163 e. The molecule has 14 heteroatoms. The average Bonchev–Trinajstić information content (AvgIpc) is 3.78.